The number of ether oxygens (including phenoxy) is 1. The van der Waals surface area contributed by atoms with E-state index in [-0.39, 0.29) is 29.5 Å². The average molecular weight is 502 g/mol. The van der Waals surface area contributed by atoms with Gasteiger partial charge in [-0.15, -0.1) is 0 Å². The van der Waals surface area contributed by atoms with Gasteiger partial charge in [0.1, 0.15) is 17.9 Å². The van der Waals surface area contributed by atoms with E-state index in [1.54, 1.807) is 0 Å². The summed E-state index contributed by atoms with van der Waals surface area (Å²) in [6, 6.07) is 2.60. The molecule has 0 radical (unpaired) electrons. The van der Waals surface area contributed by atoms with Crippen LogP contribution in [-0.2, 0) is 17.6 Å². The van der Waals surface area contributed by atoms with Gasteiger partial charge in [0.2, 0.25) is 0 Å². The molecule has 1 aliphatic carbocycles. The van der Waals surface area contributed by atoms with Crippen LogP contribution in [-0.4, -0.2) is 29.2 Å². The van der Waals surface area contributed by atoms with Crippen LogP contribution in [0.15, 0.2) is 27.5 Å². The number of fused-ring (bicyclic) bond motifs is 1. The zero-order valence-corrected chi connectivity index (χ0v) is 19.9. The molecule has 0 atom stereocenters. The van der Waals surface area contributed by atoms with Gasteiger partial charge in [-0.3, -0.25) is 4.98 Å². The number of benzene rings is 1. The van der Waals surface area contributed by atoms with Crippen molar-refractivity contribution in [3.05, 3.63) is 45.8 Å². The van der Waals surface area contributed by atoms with Crippen molar-refractivity contribution < 1.29 is 31.1 Å². The minimum atomic E-state index is -4.79. The molecular formula is C22H24F5N3O3Si. The third-order valence-corrected chi connectivity index (χ3v) is 7.31. The van der Waals surface area contributed by atoms with Crippen LogP contribution in [0.3, 0.4) is 0 Å². The summed E-state index contributed by atoms with van der Waals surface area (Å²) >= 11 is 0. The fourth-order valence-electron chi connectivity index (χ4n) is 3.63. The predicted octanol–water partition coefficient (Wildman–Crippen LogP) is 6.20. The lowest BCUT2D eigenvalue weighted by Gasteiger charge is -2.16. The van der Waals surface area contributed by atoms with E-state index in [9.17, 15) is 26.7 Å². The third kappa shape index (κ3) is 5.07. The highest BCUT2D eigenvalue weighted by Crippen LogP contribution is 2.43. The van der Waals surface area contributed by atoms with Gasteiger partial charge in [-0.05, 0) is 31.0 Å². The molecule has 4 rings (SSSR count). The number of nitrogens with zero attached hydrogens (tertiary/aromatic N) is 3. The summed E-state index contributed by atoms with van der Waals surface area (Å²) in [7, 11) is -1.46. The van der Waals surface area contributed by atoms with Crippen molar-refractivity contribution in [1.82, 2.24) is 14.5 Å². The Labute approximate surface area is 192 Å². The molecule has 34 heavy (non-hydrogen) atoms. The van der Waals surface area contributed by atoms with E-state index in [1.807, 2.05) is 0 Å². The number of aromatic nitrogens is 3. The Bertz CT molecular complexity index is 1260. The molecule has 3 aromatic rings. The number of halogens is 5. The van der Waals surface area contributed by atoms with Crippen LogP contribution in [0.1, 0.15) is 42.1 Å². The van der Waals surface area contributed by atoms with Crippen LogP contribution in [0.25, 0.3) is 22.4 Å². The molecule has 1 aromatic carbocycles. The summed E-state index contributed by atoms with van der Waals surface area (Å²) in [5.41, 5.74) is -2.46. The molecule has 12 heteroatoms. The smallest absolute Gasteiger partial charge is 0.407 e. The maximum atomic E-state index is 13.8. The third-order valence-electron chi connectivity index (χ3n) is 5.61. The maximum Gasteiger partial charge on any atom is 0.421 e. The molecule has 6 nitrogen and oxygen atoms in total. The van der Waals surface area contributed by atoms with Gasteiger partial charge >= 0.3 is 11.9 Å². The van der Waals surface area contributed by atoms with Crippen molar-refractivity contribution in [3.8, 4) is 11.3 Å². The molecule has 1 aliphatic rings. The van der Waals surface area contributed by atoms with Crippen LogP contribution in [0.2, 0.25) is 25.7 Å². The Balaban J connectivity index is 1.81. The highest BCUT2D eigenvalue weighted by molar-refractivity contribution is 6.76. The topological polar surface area (TPSA) is 70.2 Å². The largest absolute Gasteiger partial charge is 0.421 e. The van der Waals surface area contributed by atoms with Crippen LogP contribution < -0.4 is 5.76 Å². The van der Waals surface area contributed by atoms with E-state index < -0.39 is 55.5 Å². The van der Waals surface area contributed by atoms with Crippen molar-refractivity contribution in [1.29, 1.82) is 0 Å². The van der Waals surface area contributed by atoms with Gasteiger partial charge in [-0.1, -0.05) is 19.6 Å². The number of rotatable bonds is 8. The molecule has 0 bridgehead atoms. The van der Waals surface area contributed by atoms with Gasteiger partial charge in [0, 0.05) is 26.2 Å². The van der Waals surface area contributed by atoms with Crippen LogP contribution in [0.5, 0.6) is 0 Å². The van der Waals surface area contributed by atoms with Crippen molar-refractivity contribution in [2.24, 2.45) is 0 Å². The second kappa shape index (κ2) is 8.88. The van der Waals surface area contributed by atoms with Gasteiger partial charge in [0.05, 0.1) is 23.1 Å². The van der Waals surface area contributed by atoms with E-state index in [2.05, 4.69) is 29.6 Å². The lowest BCUT2D eigenvalue weighted by Crippen LogP contribution is -2.23. The van der Waals surface area contributed by atoms with Crippen molar-refractivity contribution in [2.45, 2.75) is 63.8 Å². The minimum Gasteiger partial charge on any atom is -0.407 e. The molecule has 0 saturated heterocycles. The summed E-state index contributed by atoms with van der Waals surface area (Å²) in [5, 5.41) is 0. The lowest BCUT2D eigenvalue weighted by atomic mass is 10.1. The monoisotopic (exact) mass is 501 g/mol. The van der Waals surface area contributed by atoms with Crippen LogP contribution >= 0.6 is 0 Å². The summed E-state index contributed by atoms with van der Waals surface area (Å²) in [4.78, 5) is 20.6. The van der Waals surface area contributed by atoms with Crippen molar-refractivity contribution in [2.75, 3.05) is 6.61 Å². The first-order valence-corrected chi connectivity index (χ1v) is 14.5. The minimum absolute atomic E-state index is 0.0299. The molecule has 0 amide bonds. The quantitative estimate of drug-likeness (QED) is 0.209. The fourth-order valence-corrected chi connectivity index (χ4v) is 4.39. The van der Waals surface area contributed by atoms with Gasteiger partial charge in [0.25, 0.3) is 6.43 Å². The normalized spacial score (nSPS) is 15.0. The number of hydrogen-bond acceptors (Lipinski definition) is 5. The Morgan fingerprint density at radius 3 is 2.53 bits per heavy atom. The molecule has 0 unspecified atom stereocenters. The zero-order valence-electron chi connectivity index (χ0n) is 18.9. The summed E-state index contributed by atoms with van der Waals surface area (Å²) in [5.74, 6) is -1.14. The number of hydrogen-bond donors (Lipinski definition) is 0. The van der Waals surface area contributed by atoms with Gasteiger partial charge < -0.3 is 9.15 Å². The Kier molecular flexibility index (Phi) is 6.40. The van der Waals surface area contributed by atoms with E-state index in [0.29, 0.717) is 0 Å². The van der Waals surface area contributed by atoms with Crippen molar-refractivity contribution >= 4 is 19.2 Å². The van der Waals surface area contributed by atoms with E-state index in [1.165, 1.54) is 6.20 Å². The van der Waals surface area contributed by atoms with E-state index in [0.717, 1.165) is 35.6 Å². The first-order chi connectivity index (χ1) is 15.9. The first-order valence-electron chi connectivity index (χ1n) is 10.8. The first kappa shape index (κ1) is 24.5. The maximum absolute atomic E-state index is 13.8. The highest BCUT2D eigenvalue weighted by atomic mass is 28.3. The second-order valence-corrected chi connectivity index (χ2v) is 15.2. The fraction of sp³-hybridized carbons (Fsp3) is 0.500. The Morgan fingerprint density at radius 2 is 1.94 bits per heavy atom. The van der Waals surface area contributed by atoms with E-state index >= 15 is 0 Å². The number of oxazole rings is 1. The summed E-state index contributed by atoms with van der Waals surface area (Å²) in [6.07, 6.45) is -5.00. The summed E-state index contributed by atoms with van der Waals surface area (Å²) < 4.78 is 80.1. The standard InChI is InChI=1S/C22H24F5N3O3Si/c1-34(2,3)9-8-32-11-30-18-14(22(25,26)27)7-6-13(19(18)33-21(30)31)15-10-28-16(12-4-5-12)17(29-15)20(23)24/h6-7,10,12,20H,4-5,8-9,11H2,1-3H3. The molecular weight excluding hydrogens is 477 g/mol. The molecule has 2 heterocycles. The highest BCUT2D eigenvalue weighted by Gasteiger charge is 2.37. The molecule has 0 N–H and O–H groups in total. The Morgan fingerprint density at radius 1 is 1.24 bits per heavy atom. The molecule has 1 saturated carbocycles. The lowest BCUT2D eigenvalue weighted by molar-refractivity contribution is -0.136. The molecule has 184 valence electrons. The predicted molar refractivity (Wildman–Crippen MR) is 118 cm³/mol. The molecule has 0 spiro atoms. The number of alkyl halides is 5. The van der Waals surface area contributed by atoms with Crippen molar-refractivity contribution in [3.63, 3.8) is 0 Å². The van der Waals surface area contributed by atoms with Gasteiger partial charge in [-0.2, -0.15) is 13.2 Å². The Hall–Kier alpha value is -2.60. The second-order valence-electron chi connectivity index (χ2n) is 9.58. The average Bonchev–Trinajstić information content (AvgIpc) is 3.52. The molecule has 1 fully saturated rings. The SMILES string of the molecule is C[Si](C)(C)CCOCn1c(=O)oc2c(-c3cnc(C4CC4)c(C(F)F)n3)ccc(C(F)(F)F)c21. The van der Waals surface area contributed by atoms with Gasteiger partial charge in [-0.25, -0.2) is 23.1 Å². The van der Waals surface area contributed by atoms with E-state index in [4.69, 9.17) is 9.15 Å². The van der Waals surface area contributed by atoms with Crippen LogP contribution in [0.4, 0.5) is 22.0 Å². The van der Waals surface area contributed by atoms with Gasteiger partial charge in [0.15, 0.2) is 5.58 Å². The van der Waals surface area contributed by atoms with Crippen LogP contribution in [0, 0.1) is 0 Å². The molecule has 0 aliphatic heterocycles. The molecule has 2 aromatic heterocycles. The summed E-state index contributed by atoms with van der Waals surface area (Å²) in [6.45, 7) is 6.20. The zero-order chi connectivity index (χ0) is 24.8.